The van der Waals surface area contributed by atoms with Crippen LogP contribution >= 0.6 is 0 Å². The van der Waals surface area contributed by atoms with Gasteiger partial charge in [-0.3, -0.25) is 4.79 Å². The van der Waals surface area contributed by atoms with E-state index in [0.717, 1.165) is 12.8 Å². The van der Waals surface area contributed by atoms with Crippen molar-refractivity contribution in [3.05, 3.63) is 12.2 Å². The summed E-state index contributed by atoms with van der Waals surface area (Å²) in [5.41, 5.74) is 0. The summed E-state index contributed by atoms with van der Waals surface area (Å²) >= 11 is 0. The number of hydrogen-bond acceptors (Lipinski definition) is 3. The molecule has 0 rings (SSSR count). The molecule has 0 bridgehead atoms. The fraction of sp³-hybridized carbons (Fsp3) is 0.812. The second-order valence-electron chi connectivity index (χ2n) is 5.02. The minimum atomic E-state index is -0.918. The second-order valence-corrected chi connectivity index (χ2v) is 5.02. The maximum atomic E-state index is 10.6. The van der Waals surface area contributed by atoms with E-state index >= 15 is 0 Å². The van der Waals surface area contributed by atoms with Crippen molar-refractivity contribution >= 4 is 5.97 Å². The highest BCUT2D eigenvalue weighted by atomic mass is 16.6. The van der Waals surface area contributed by atoms with Gasteiger partial charge in [-0.1, -0.05) is 51.2 Å². The van der Waals surface area contributed by atoms with Gasteiger partial charge in [0, 0.05) is 13.3 Å². The molecule has 0 saturated carbocycles. The number of ether oxygens (including phenoxy) is 1. The molecule has 0 amide bonds. The molecule has 3 nitrogen and oxygen atoms in total. The Hall–Kier alpha value is -0.830. The molecule has 0 aromatic carbocycles. The number of allylic oxidation sites excluding steroid dienone is 2. The van der Waals surface area contributed by atoms with Crippen LogP contribution in [0.5, 0.6) is 0 Å². The quantitative estimate of drug-likeness (QED) is 0.248. The Morgan fingerprint density at radius 2 is 1.63 bits per heavy atom. The van der Waals surface area contributed by atoms with Crippen LogP contribution < -0.4 is 0 Å². The molecule has 0 saturated heterocycles. The zero-order chi connectivity index (χ0) is 14.3. The molecule has 0 heterocycles. The molecule has 1 atom stereocenters. The Morgan fingerprint density at radius 1 is 1.05 bits per heavy atom. The summed E-state index contributed by atoms with van der Waals surface area (Å²) in [6.07, 6.45) is 14.9. The third-order valence-corrected chi connectivity index (χ3v) is 3.01. The predicted octanol–water partition coefficient (Wildman–Crippen LogP) is 4.35. The Morgan fingerprint density at radius 3 is 2.26 bits per heavy atom. The third kappa shape index (κ3) is 15.1. The van der Waals surface area contributed by atoms with Crippen LogP contribution in [0, 0.1) is 0 Å². The van der Waals surface area contributed by atoms with Crippen molar-refractivity contribution < 1.29 is 14.6 Å². The minimum Gasteiger partial charge on any atom is -0.436 e. The average molecular weight is 270 g/mol. The van der Waals surface area contributed by atoms with E-state index in [1.807, 2.05) is 0 Å². The Kier molecular flexibility index (Phi) is 13.0. The van der Waals surface area contributed by atoms with Gasteiger partial charge in [-0.05, 0) is 25.7 Å². The lowest BCUT2D eigenvalue weighted by atomic mass is 10.1. The van der Waals surface area contributed by atoms with E-state index in [1.165, 1.54) is 51.9 Å². The zero-order valence-corrected chi connectivity index (χ0v) is 12.6. The number of aliphatic hydroxyl groups excluding tert-OH is 1. The average Bonchev–Trinajstić information content (AvgIpc) is 2.35. The van der Waals surface area contributed by atoms with Crippen molar-refractivity contribution in [3.63, 3.8) is 0 Å². The number of unbranched alkanes of at least 4 members (excludes halogenated alkanes) is 7. The van der Waals surface area contributed by atoms with Crippen LogP contribution in [0.25, 0.3) is 0 Å². The molecule has 0 aliphatic carbocycles. The van der Waals surface area contributed by atoms with Crippen LogP contribution in [0.2, 0.25) is 0 Å². The van der Waals surface area contributed by atoms with E-state index in [0.29, 0.717) is 6.42 Å². The molecule has 0 spiro atoms. The van der Waals surface area contributed by atoms with Gasteiger partial charge in [-0.15, -0.1) is 0 Å². The fourth-order valence-corrected chi connectivity index (χ4v) is 1.92. The van der Waals surface area contributed by atoms with Gasteiger partial charge in [-0.2, -0.15) is 0 Å². The van der Waals surface area contributed by atoms with Crippen LogP contribution in [0.1, 0.15) is 78.1 Å². The predicted molar refractivity (Wildman–Crippen MR) is 78.8 cm³/mol. The van der Waals surface area contributed by atoms with Gasteiger partial charge >= 0.3 is 5.97 Å². The van der Waals surface area contributed by atoms with Crippen molar-refractivity contribution in [1.82, 2.24) is 0 Å². The number of esters is 1. The van der Waals surface area contributed by atoms with Gasteiger partial charge in [0.2, 0.25) is 6.29 Å². The van der Waals surface area contributed by atoms with Gasteiger partial charge in [0.1, 0.15) is 0 Å². The van der Waals surface area contributed by atoms with Crippen LogP contribution in [0.3, 0.4) is 0 Å². The van der Waals surface area contributed by atoms with E-state index in [2.05, 4.69) is 23.8 Å². The summed E-state index contributed by atoms with van der Waals surface area (Å²) in [4.78, 5) is 10.6. The topological polar surface area (TPSA) is 46.5 Å². The minimum absolute atomic E-state index is 0.414. The monoisotopic (exact) mass is 270 g/mol. The van der Waals surface area contributed by atoms with Gasteiger partial charge < -0.3 is 9.84 Å². The van der Waals surface area contributed by atoms with Gasteiger partial charge in [-0.25, -0.2) is 0 Å². The Balaban J connectivity index is 3.18. The maximum Gasteiger partial charge on any atom is 0.304 e. The number of carbonyl (C=O) groups excluding carboxylic acids is 1. The summed E-state index contributed by atoms with van der Waals surface area (Å²) < 4.78 is 4.65. The first-order chi connectivity index (χ1) is 9.16. The SMILES string of the molecule is CCCC/C=C/CCCCCCCC(O)OC(C)=O. The Bertz CT molecular complexity index is 236. The number of aliphatic hydroxyl groups is 1. The van der Waals surface area contributed by atoms with Gasteiger partial charge in [0.15, 0.2) is 0 Å². The maximum absolute atomic E-state index is 10.6. The summed E-state index contributed by atoms with van der Waals surface area (Å²) in [5.74, 6) is -0.414. The third-order valence-electron chi connectivity index (χ3n) is 3.01. The largest absolute Gasteiger partial charge is 0.436 e. The smallest absolute Gasteiger partial charge is 0.304 e. The normalized spacial score (nSPS) is 12.8. The summed E-state index contributed by atoms with van der Waals surface area (Å²) in [6, 6.07) is 0. The highest BCUT2D eigenvalue weighted by Gasteiger charge is 2.05. The van der Waals surface area contributed by atoms with E-state index in [4.69, 9.17) is 0 Å². The summed E-state index contributed by atoms with van der Waals surface area (Å²) in [7, 11) is 0. The molecule has 1 N–H and O–H groups in total. The lowest BCUT2D eigenvalue weighted by Crippen LogP contribution is -2.14. The van der Waals surface area contributed by atoms with Crippen molar-refractivity contribution in [2.24, 2.45) is 0 Å². The highest BCUT2D eigenvalue weighted by molar-refractivity contribution is 5.65. The number of rotatable bonds is 12. The molecule has 0 aliphatic rings. The molecule has 0 aromatic heterocycles. The fourth-order valence-electron chi connectivity index (χ4n) is 1.92. The van der Waals surface area contributed by atoms with Crippen LogP contribution in [-0.4, -0.2) is 17.4 Å². The molecule has 0 aromatic rings. The molecule has 0 fully saturated rings. The molecular weight excluding hydrogens is 240 g/mol. The summed E-state index contributed by atoms with van der Waals surface area (Å²) in [6.45, 7) is 3.53. The number of carbonyl (C=O) groups is 1. The van der Waals surface area contributed by atoms with Crippen molar-refractivity contribution in [3.8, 4) is 0 Å². The molecular formula is C16H30O3. The van der Waals surface area contributed by atoms with E-state index in [9.17, 15) is 9.90 Å². The first-order valence-corrected chi connectivity index (χ1v) is 7.67. The molecule has 19 heavy (non-hydrogen) atoms. The van der Waals surface area contributed by atoms with Crippen LogP contribution in [0.15, 0.2) is 12.2 Å². The second kappa shape index (κ2) is 13.6. The zero-order valence-electron chi connectivity index (χ0n) is 12.6. The lowest BCUT2D eigenvalue weighted by molar-refractivity contribution is -0.165. The Labute approximate surface area is 118 Å². The van der Waals surface area contributed by atoms with Gasteiger partial charge in [0.25, 0.3) is 0 Å². The van der Waals surface area contributed by atoms with Crippen LogP contribution in [-0.2, 0) is 9.53 Å². The summed E-state index contributed by atoms with van der Waals surface area (Å²) in [5, 5.41) is 9.31. The van der Waals surface area contributed by atoms with Crippen molar-refractivity contribution in [2.75, 3.05) is 0 Å². The van der Waals surface area contributed by atoms with Crippen molar-refractivity contribution in [1.29, 1.82) is 0 Å². The first-order valence-electron chi connectivity index (χ1n) is 7.67. The van der Waals surface area contributed by atoms with E-state index in [1.54, 1.807) is 0 Å². The molecule has 112 valence electrons. The number of hydrogen-bond donors (Lipinski definition) is 1. The van der Waals surface area contributed by atoms with Crippen LogP contribution in [0.4, 0.5) is 0 Å². The van der Waals surface area contributed by atoms with E-state index in [-0.39, 0.29) is 0 Å². The van der Waals surface area contributed by atoms with Gasteiger partial charge in [0.05, 0.1) is 0 Å². The molecule has 1 unspecified atom stereocenters. The van der Waals surface area contributed by atoms with E-state index < -0.39 is 12.3 Å². The lowest BCUT2D eigenvalue weighted by Gasteiger charge is -2.09. The first kappa shape index (κ1) is 18.2. The molecule has 0 radical (unpaired) electrons. The molecule has 3 heteroatoms. The standard InChI is InChI=1S/C16H30O3/c1-3-4-5-6-7-8-9-10-11-12-13-14-16(18)19-15(2)17/h6-7,16,18H,3-5,8-14H2,1-2H3/b7-6+. The highest BCUT2D eigenvalue weighted by Crippen LogP contribution is 2.10. The van der Waals surface area contributed by atoms with Crippen molar-refractivity contribution in [2.45, 2.75) is 84.3 Å². The molecule has 0 aliphatic heterocycles.